The van der Waals surface area contributed by atoms with Gasteiger partial charge < -0.3 is 20.1 Å². The number of ether oxygens (including phenoxy) is 1. The molecule has 7 nitrogen and oxygen atoms in total. The second kappa shape index (κ2) is 9.36. The first-order chi connectivity index (χ1) is 16.9. The van der Waals surface area contributed by atoms with E-state index < -0.39 is 24.1 Å². The van der Waals surface area contributed by atoms with Crippen molar-refractivity contribution in [2.75, 3.05) is 13.2 Å². The Bertz CT molecular complexity index is 1100. The normalized spacial score (nSPS) is 23.5. The lowest BCUT2D eigenvalue weighted by atomic mass is 9.94. The van der Waals surface area contributed by atoms with Crippen molar-refractivity contribution in [1.82, 2.24) is 10.2 Å². The molecule has 2 aliphatic carbocycles. The summed E-state index contributed by atoms with van der Waals surface area (Å²) in [6.07, 6.45) is 2.12. The zero-order chi connectivity index (χ0) is 24.7. The number of carbonyl (C=O) groups is 3. The van der Waals surface area contributed by atoms with E-state index in [-0.39, 0.29) is 36.2 Å². The summed E-state index contributed by atoms with van der Waals surface area (Å²) >= 11 is 0. The fourth-order valence-electron chi connectivity index (χ4n) is 6.31. The van der Waals surface area contributed by atoms with Crippen molar-refractivity contribution in [1.29, 1.82) is 0 Å². The number of nitrogens with one attached hydrogen (secondary N) is 1. The lowest BCUT2D eigenvalue weighted by Crippen LogP contribution is -2.54. The van der Waals surface area contributed by atoms with E-state index in [0.717, 1.165) is 41.5 Å². The Balaban J connectivity index is 1.27. The number of aliphatic carboxylic acids is 1. The highest BCUT2D eigenvalue weighted by Crippen LogP contribution is 2.45. The van der Waals surface area contributed by atoms with E-state index in [2.05, 4.69) is 29.6 Å². The van der Waals surface area contributed by atoms with Crippen LogP contribution >= 0.6 is 0 Å². The first-order valence-corrected chi connectivity index (χ1v) is 12.5. The Morgan fingerprint density at radius 2 is 1.66 bits per heavy atom. The van der Waals surface area contributed by atoms with Gasteiger partial charge in [0.05, 0.1) is 0 Å². The standard InChI is InChI=1S/C28H32N2O5/c1-16(2)24(26(31)30-14-17-8-7-13-18(17)25(30)27(32)33)29-28(34)35-15-23-21-11-5-3-9-19(21)20-10-4-6-12-22(20)23/h3-6,9-12,16-18,23-25H,7-8,13-15H2,1-2H3,(H,29,34)(H,32,33). The number of carbonyl (C=O) groups excluding carboxylic acids is 2. The van der Waals surface area contributed by atoms with Gasteiger partial charge in [-0.05, 0) is 52.8 Å². The number of carboxylic acids is 1. The lowest BCUT2D eigenvalue weighted by Gasteiger charge is -2.30. The summed E-state index contributed by atoms with van der Waals surface area (Å²) in [6.45, 7) is 4.29. The van der Waals surface area contributed by atoms with Gasteiger partial charge in [-0.1, -0.05) is 68.8 Å². The zero-order valence-electron chi connectivity index (χ0n) is 20.1. The molecule has 0 aromatic heterocycles. The van der Waals surface area contributed by atoms with Crippen LogP contribution < -0.4 is 5.32 Å². The third-order valence-electron chi connectivity index (χ3n) is 7.98. The molecule has 2 aromatic carbocycles. The fourth-order valence-corrected chi connectivity index (χ4v) is 6.31. The van der Waals surface area contributed by atoms with Crippen LogP contribution in [-0.2, 0) is 14.3 Å². The molecule has 1 heterocycles. The van der Waals surface area contributed by atoms with Gasteiger partial charge in [-0.25, -0.2) is 9.59 Å². The maximum absolute atomic E-state index is 13.4. The number of amides is 2. The minimum absolute atomic E-state index is 0.00119. The molecule has 2 aromatic rings. The van der Waals surface area contributed by atoms with Gasteiger partial charge in [0.25, 0.3) is 0 Å². The molecule has 4 unspecified atom stereocenters. The van der Waals surface area contributed by atoms with Gasteiger partial charge in [0, 0.05) is 12.5 Å². The summed E-state index contributed by atoms with van der Waals surface area (Å²) in [7, 11) is 0. The molecule has 7 heteroatoms. The van der Waals surface area contributed by atoms with E-state index >= 15 is 0 Å². The molecule has 5 rings (SSSR count). The largest absolute Gasteiger partial charge is 0.480 e. The molecule has 1 saturated carbocycles. The predicted molar refractivity (Wildman–Crippen MR) is 131 cm³/mol. The Kier molecular flexibility index (Phi) is 6.26. The highest BCUT2D eigenvalue weighted by atomic mass is 16.5. The number of nitrogens with zero attached hydrogens (tertiary/aromatic N) is 1. The van der Waals surface area contributed by atoms with E-state index in [4.69, 9.17) is 4.74 Å². The molecule has 0 bridgehead atoms. The number of rotatable bonds is 6. The van der Waals surface area contributed by atoms with Crippen LogP contribution in [0, 0.1) is 17.8 Å². The van der Waals surface area contributed by atoms with Gasteiger partial charge >= 0.3 is 12.1 Å². The summed E-state index contributed by atoms with van der Waals surface area (Å²) in [5, 5.41) is 12.6. The van der Waals surface area contributed by atoms with Gasteiger partial charge in [0.2, 0.25) is 5.91 Å². The van der Waals surface area contributed by atoms with Crippen LogP contribution in [0.15, 0.2) is 48.5 Å². The van der Waals surface area contributed by atoms with Gasteiger partial charge in [-0.3, -0.25) is 4.79 Å². The summed E-state index contributed by atoms with van der Waals surface area (Å²) in [5.74, 6) is -1.36. The Morgan fingerprint density at radius 1 is 1.03 bits per heavy atom. The molecular weight excluding hydrogens is 444 g/mol. The second-order valence-electron chi connectivity index (χ2n) is 10.3. The average Bonchev–Trinajstić information content (AvgIpc) is 3.52. The minimum atomic E-state index is -0.962. The van der Waals surface area contributed by atoms with Crippen LogP contribution in [0.25, 0.3) is 11.1 Å². The first-order valence-electron chi connectivity index (χ1n) is 12.5. The molecule has 2 N–H and O–H groups in total. The van der Waals surface area contributed by atoms with Crippen LogP contribution in [0.1, 0.15) is 50.2 Å². The molecular formula is C28H32N2O5. The highest BCUT2D eigenvalue weighted by Gasteiger charge is 2.51. The highest BCUT2D eigenvalue weighted by molar-refractivity contribution is 5.90. The van der Waals surface area contributed by atoms with Gasteiger partial charge in [-0.2, -0.15) is 0 Å². The molecule has 0 spiro atoms. The van der Waals surface area contributed by atoms with E-state index in [1.54, 1.807) is 0 Å². The number of benzene rings is 2. The Labute approximate surface area is 205 Å². The van der Waals surface area contributed by atoms with Crippen LogP contribution in [0.5, 0.6) is 0 Å². The van der Waals surface area contributed by atoms with Crippen molar-refractivity contribution < 1.29 is 24.2 Å². The van der Waals surface area contributed by atoms with Crippen molar-refractivity contribution in [2.45, 2.75) is 51.1 Å². The third kappa shape index (κ3) is 4.17. The van der Waals surface area contributed by atoms with Crippen molar-refractivity contribution in [3.05, 3.63) is 59.7 Å². The molecule has 184 valence electrons. The second-order valence-corrected chi connectivity index (χ2v) is 10.3. The number of alkyl carbamates (subject to hydrolysis) is 1. The zero-order valence-corrected chi connectivity index (χ0v) is 20.1. The van der Waals surface area contributed by atoms with Crippen molar-refractivity contribution in [3.63, 3.8) is 0 Å². The number of hydrogen-bond acceptors (Lipinski definition) is 4. The molecule has 1 aliphatic heterocycles. The van der Waals surface area contributed by atoms with Gasteiger partial charge in [-0.15, -0.1) is 0 Å². The smallest absolute Gasteiger partial charge is 0.407 e. The first kappa shape index (κ1) is 23.4. The number of hydrogen-bond donors (Lipinski definition) is 2. The summed E-state index contributed by atoms with van der Waals surface area (Å²) < 4.78 is 5.64. The fraction of sp³-hybridized carbons (Fsp3) is 0.464. The van der Waals surface area contributed by atoms with Crippen molar-refractivity contribution >= 4 is 18.0 Å². The molecule has 1 saturated heterocycles. The van der Waals surface area contributed by atoms with Crippen molar-refractivity contribution in [3.8, 4) is 11.1 Å². The summed E-state index contributed by atoms with van der Waals surface area (Å²) in [5.41, 5.74) is 4.52. The van der Waals surface area contributed by atoms with Crippen LogP contribution in [0.3, 0.4) is 0 Å². The third-order valence-corrected chi connectivity index (χ3v) is 7.98. The molecule has 0 radical (unpaired) electrons. The van der Waals surface area contributed by atoms with Crippen LogP contribution in [0.2, 0.25) is 0 Å². The van der Waals surface area contributed by atoms with E-state index in [9.17, 15) is 19.5 Å². The van der Waals surface area contributed by atoms with Gasteiger partial charge in [0.1, 0.15) is 18.7 Å². The molecule has 4 atom stereocenters. The van der Waals surface area contributed by atoms with E-state index in [0.29, 0.717) is 6.54 Å². The van der Waals surface area contributed by atoms with Crippen LogP contribution in [-0.4, -0.2) is 53.2 Å². The maximum Gasteiger partial charge on any atom is 0.407 e. The molecule has 35 heavy (non-hydrogen) atoms. The summed E-state index contributed by atoms with van der Waals surface area (Å²) in [6, 6.07) is 14.6. The lowest BCUT2D eigenvalue weighted by molar-refractivity contribution is -0.150. The monoisotopic (exact) mass is 476 g/mol. The number of fused-ring (bicyclic) bond motifs is 4. The average molecular weight is 477 g/mol. The maximum atomic E-state index is 13.4. The summed E-state index contributed by atoms with van der Waals surface area (Å²) in [4.78, 5) is 39.8. The number of likely N-dealkylation sites (tertiary alicyclic amines) is 1. The predicted octanol–water partition coefficient (Wildman–Crippen LogP) is 4.26. The molecule has 3 aliphatic rings. The topological polar surface area (TPSA) is 95.9 Å². The van der Waals surface area contributed by atoms with Crippen LogP contribution in [0.4, 0.5) is 4.79 Å². The minimum Gasteiger partial charge on any atom is -0.480 e. The Hall–Kier alpha value is -3.35. The quantitative estimate of drug-likeness (QED) is 0.650. The Morgan fingerprint density at radius 3 is 2.26 bits per heavy atom. The van der Waals surface area contributed by atoms with E-state index in [1.807, 2.05) is 38.1 Å². The molecule has 2 fully saturated rings. The van der Waals surface area contributed by atoms with Gasteiger partial charge in [0.15, 0.2) is 0 Å². The SMILES string of the molecule is CC(C)C(NC(=O)OCC1c2ccccc2-c2ccccc21)C(=O)N1CC2CCCC2C1C(=O)O. The van der Waals surface area contributed by atoms with E-state index in [1.165, 1.54) is 4.90 Å². The molecule has 2 amide bonds. The number of carboxylic acid groups (broad SMARTS) is 1. The van der Waals surface area contributed by atoms with Crippen molar-refractivity contribution in [2.24, 2.45) is 17.8 Å².